The van der Waals surface area contributed by atoms with Crippen LogP contribution in [0.4, 0.5) is 0 Å². The van der Waals surface area contributed by atoms with Crippen molar-refractivity contribution in [3.8, 4) is 5.69 Å². The van der Waals surface area contributed by atoms with E-state index in [1.54, 1.807) is 4.68 Å². The number of tetrazole rings is 1. The Bertz CT molecular complexity index is 872. The molecule has 6 nitrogen and oxygen atoms in total. The van der Waals surface area contributed by atoms with E-state index in [0.717, 1.165) is 16.8 Å². The zero-order valence-corrected chi connectivity index (χ0v) is 16.7. The van der Waals surface area contributed by atoms with Crippen molar-refractivity contribution in [2.45, 2.75) is 31.2 Å². The van der Waals surface area contributed by atoms with Gasteiger partial charge in [0.2, 0.25) is 5.16 Å². The SMILES string of the molecule is Cc1ccccc1-n1nnnc1SC[C@@H](O)CO[C@H](C)c1ccc(Cl)cc1. The Morgan fingerprint density at radius 2 is 1.93 bits per heavy atom. The molecule has 3 rings (SSSR count). The minimum absolute atomic E-state index is 0.126. The summed E-state index contributed by atoms with van der Waals surface area (Å²) >= 11 is 7.29. The third-order valence-electron chi connectivity index (χ3n) is 4.07. The first-order chi connectivity index (χ1) is 13.0. The van der Waals surface area contributed by atoms with E-state index >= 15 is 0 Å². The summed E-state index contributed by atoms with van der Waals surface area (Å²) in [5, 5.41) is 23.5. The molecular weight excluding hydrogens is 384 g/mol. The van der Waals surface area contributed by atoms with Gasteiger partial charge >= 0.3 is 0 Å². The molecule has 2 atom stereocenters. The molecule has 0 unspecified atom stereocenters. The second-order valence-corrected chi connectivity index (χ2v) is 7.58. The van der Waals surface area contributed by atoms with Crippen LogP contribution in [0.5, 0.6) is 0 Å². The Morgan fingerprint density at radius 1 is 1.19 bits per heavy atom. The van der Waals surface area contributed by atoms with Crippen LogP contribution in [0.15, 0.2) is 53.7 Å². The number of rotatable bonds is 8. The molecule has 0 saturated carbocycles. The van der Waals surface area contributed by atoms with Gasteiger partial charge in [-0.3, -0.25) is 0 Å². The number of ether oxygens (including phenoxy) is 1. The van der Waals surface area contributed by atoms with Crippen LogP contribution in [-0.2, 0) is 4.74 Å². The van der Waals surface area contributed by atoms with Gasteiger partial charge in [-0.15, -0.1) is 5.10 Å². The number of aliphatic hydroxyl groups excluding tert-OH is 1. The van der Waals surface area contributed by atoms with Crippen LogP contribution in [0.2, 0.25) is 5.02 Å². The minimum Gasteiger partial charge on any atom is -0.390 e. The fourth-order valence-electron chi connectivity index (χ4n) is 2.53. The Hall–Kier alpha value is -1.93. The van der Waals surface area contributed by atoms with Crippen LogP contribution in [0.25, 0.3) is 5.69 Å². The highest BCUT2D eigenvalue weighted by Crippen LogP contribution is 2.22. The lowest BCUT2D eigenvalue weighted by atomic mass is 10.1. The van der Waals surface area contributed by atoms with Crippen LogP contribution in [0.1, 0.15) is 24.2 Å². The van der Waals surface area contributed by atoms with E-state index in [4.69, 9.17) is 16.3 Å². The van der Waals surface area contributed by atoms with E-state index in [-0.39, 0.29) is 12.7 Å². The molecule has 8 heteroatoms. The number of halogens is 1. The lowest BCUT2D eigenvalue weighted by Gasteiger charge is -2.16. The van der Waals surface area contributed by atoms with Crippen LogP contribution < -0.4 is 0 Å². The molecule has 0 fully saturated rings. The Balaban J connectivity index is 1.53. The van der Waals surface area contributed by atoms with E-state index in [1.807, 2.05) is 62.4 Å². The van der Waals surface area contributed by atoms with E-state index in [1.165, 1.54) is 11.8 Å². The van der Waals surface area contributed by atoms with Gasteiger partial charge in [-0.1, -0.05) is 53.7 Å². The number of benzene rings is 2. The average Bonchev–Trinajstić information content (AvgIpc) is 3.13. The van der Waals surface area contributed by atoms with Gasteiger partial charge in [-0.2, -0.15) is 4.68 Å². The van der Waals surface area contributed by atoms with Crippen molar-refractivity contribution in [2.24, 2.45) is 0 Å². The largest absolute Gasteiger partial charge is 0.390 e. The number of thioether (sulfide) groups is 1. The van der Waals surface area contributed by atoms with Gasteiger partial charge in [0, 0.05) is 10.8 Å². The molecular formula is C19H21ClN4O2S. The van der Waals surface area contributed by atoms with Gasteiger partial charge in [-0.05, 0) is 53.6 Å². The highest BCUT2D eigenvalue weighted by Gasteiger charge is 2.15. The summed E-state index contributed by atoms with van der Waals surface area (Å²) in [6.45, 7) is 4.18. The molecule has 1 N–H and O–H groups in total. The molecule has 27 heavy (non-hydrogen) atoms. The molecule has 3 aromatic rings. The average molecular weight is 405 g/mol. The maximum absolute atomic E-state index is 10.3. The van der Waals surface area contributed by atoms with Gasteiger partial charge in [0.1, 0.15) is 0 Å². The summed E-state index contributed by atoms with van der Waals surface area (Å²) in [5.41, 5.74) is 3.02. The van der Waals surface area contributed by atoms with Crippen molar-refractivity contribution in [3.63, 3.8) is 0 Å². The minimum atomic E-state index is -0.633. The Morgan fingerprint density at radius 3 is 2.67 bits per heavy atom. The molecule has 0 radical (unpaired) electrons. The Kier molecular flexibility index (Phi) is 6.84. The number of para-hydroxylation sites is 1. The Labute approximate surface area is 167 Å². The fourth-order valence-corrected chi connectivity index (χ4v) is 3.44. The normalized spacial score (nSPS) is 13.5. The maximum Gasteiger partial charge on any atom is 0.214 e. The van der Waals surface area contributed by atoms with Crippen LogP contribution in [-0.4, -0.2) is 43.8 Å². The van der Waals surface area contributed by atoms with E-state index in [0.29, 0.717) is 15.9 Å². The number of hydrogen-bond acceptors (Lipinski definition) is 6. The van der Waals surface area contributed by atoms with Crippen molar-refractivity contribution in [1.29, 1.82) is 0 Å². The molecule has 0 aliphatic carbocycles. The van der Waals surface area contributed by atoms with E-state index in [2.05, 4.69) is 15.5 Å². The smallest absolute Gasteiger partial charge is 0.214 e. The molecule has 2 aromatic carbocycles. The first kappa shape index (κ1) is 19.8. The van der Waals surface area contributed by atoms with Gasteiger partial charge in [0.25, 0.3) is 0 Å². The number of hydrogen-bond donors (Lipinski definition) is 1. The van der Waals surface area contributed by atoms with E-state index < -0.39 is 6.10 Å². The molecule has 0 saturated heterocycles. The first-order valence-corrected chi connectivity index (χ1v) is 9.93. The summed E-state index contributed by atoms with van der Waals surface area (Å²) in [4.78, 5) is 0. The van der Waals surface area contributed by atoms with Gasteiger partial charge in [-0.25, -0.2) is 0 Å². The van der Waals surface area contributed by atoms with Crippen molar-refractivity contribution in [1.82, 2.24) is 20.2 Å². The molecule has 1 heterocycles. The summed E-state index contributed by atoms with van der Waals surface area (Å²) in [7, 11) is 0. The summed E-state index contributed by atoms with van der Waals surface area (Å²) in [6, 6.07) is 15.4. The molecule has 142 valence electrons. The summed E-state index contributed by atoms with van der Waals surface area (Å²) < 4.78 is 7.45. The van der Waals surface area contributed by atoms with Gasteiger partial charge in [0.05, 0.1) is 24.5 Å². The number of aromatic nitrogens is 4. The van der Waals surface area contributed by atoms with Crippen molar-refractivity contribution >= 4 is 23.4 Å². The van der Waals surface area contributed by atoms with Crippen LogP contribution >= 0.6 is 23.4 Å². The molecule has 0 spiro atoms. The third-order valence-corrected chi connectivity index (χ3v) is 5.38. The quantitative estimate of drug-likeness (QED) is 0.575. The maximum atomic E-state index is 10.3. The monoisotopic (exact) mass is 404 g/mol. The van der Waals surface area contributed by atoms with Crippen LogP contribution in [0, 0.1) is 6.92 Å². The predicted molar refractivity (Wildman–Crippen MR) is 106 cm³/mol. The van der Waals surface area contributed by atoms with Crippen molar-refractivity contribution < 1.29 is 9.84 Å². The second-order valence-electron chi connectivity index (χ2n) is 6.15. The first-order valence-electron chi connectivity index (χ1n) is 8.57. The van der Waals surface area contributed by atoms with Gasteiger partial charge in [0.15, 0.2) is 0 Å². The van der Waals surface area contributed by atoms with Crippen molar-refractivity contribution in [2.75, 3.05) is 12.4 Å². The zero-order chi connectivity index (χ0) is 19.2. The molecule has 0 aliphatic rings. The molecule has 0 aliphatic heterocycles. The van der Waals surface area contributed by atoms with Crippen LogP contribution in [0.3, 0.4) is 0 Å². The topological polar surface area (TPSA) is 73.1 Å². The molecule has 0 bridgehead atoms. The van der Waals surface area contributed by atoms with Crippen molar-refractivity contribution in [3.05, 3.63) is 64.7 Å². The number of aliphatic hydroxyl groups is 1. The predicted octanol–water partition coefficient (Wildman–Crippen LogP) is 3.85. The highest BCUT2D eigenvalue weighted by atomic mass is 35.5. The molecule has 0 amide bonds. The number of aryl methyl sites for hydroxylation is 1. The highest BCUT2D eigenvalue weighted by molar-refractivity contribution is 7.99. The molecule has 1 aromatic heterocycles. The summed E-state index contributed by atoms with van der Waals surface area (Å²) in [5.74, 6) is 0.430. The zero-order valence-electron chi connectivity index (χ0n) is 15.1. The standard InChI is InChI=1S/C19H21ClN4O2S/c1-13-5-3-4-6-18(13)24-19(21-22-23-24)27-12-17(25)11-26-14(2)15-7-9-16(20)10-8-15/h3-10,14,17,25H,11-12H2,1-2H3/t14-,17+/m1/s1. The lowest BCUT2D eigenvalue weighted by molar-refractivity contribution is 0.00621. The van der Waals surface area contributed by atoms with E-state index in [9.17, 15) is 5.11 Å². The fraction of sp³-hybridized carbons (Fsp3) is 0.316. The van der Waals surface area contributed by atoms with Gasteiger partial charge < -0.3 is 9.84 Å². The number of nitrogens with zero attached hydrogens (tertiary/aromatic N) is 4. The lowest BCUT2D eigenvalue weighted by Crippen LogP contribution is -2.19. The third kappa shape index (κ3) is 5.29. The second kappa shape index (κ2) is 9.32. The summed E-state index contributed by atoms with van der Waals surface area (Å²) in [6.07, 6.45) is -0.758.